The van der Waals surface area contributed by atoms with E-state index < -0.39 is 6.23 Å². The van der Waals surface area contributed by atoms with Gasteiger partial charge in [-0.15, -0.1) is 11.3 Å². The van der Waals surface area contributed by atoms with Crippen LogP contribution in [-0.4, -0.2) is 4.98 Å². The van der Waals surface area contributed by atoms with Crippen LogP contribution in [0.4, 0.5) is 10.1 Å². The van der Waals surface area contributed by atoms with Crippen molar-refractivity contribution in [3.8, 4) is 5.75 Å². The Bertz CT molecular complexity index is 1100. The van der Waals surface area contributed by atoms with Gasteiger partial charge in [-0.1, -0.05) is 34.5 Å². The standard InChI is InChI=1S/C21H17BrClFN2OS/c1-3-15-10(2)28-20(25-15)21-26-16-5-4-13(23)6-11(16)7-17(26)19-14(24)8-12(22)9-18(19)27-21/h4-6,8-9,17,21H,3,7H2,1-2H3. The Kier molecular flexibility index (Phi) is 4.41. The molecule has 0 fully saturated rings. The number of ether oxygens (including phenoxy) is 1. The van der Waals surface area contributed by atoms with Gasteiger partial charge in [-0.3, -0.25) is 0 Å². The number of aromatic nitrogens is 1. The van der Waals surface area contributed by atoms with Gasteiger partial charge in [-0.05, 0) is 55.7 Å². The lowest BCUT2D eigenvalue weighted by Gasteiger charge is -2.40. The molecule has 0 amide bonds. The molecule has 0 spiro atoms. The molecule has 3 aromatic rings. The zero-order valence-electron chi connectivity index (χ0n) is 15.3. The summed E-state index contributed by atoms with van der Waals surface area (Å²) in [5.74, 6) is 0.309. The molecule has 0 saturated carbocycles. The molecular formula is C21H17BrClFN2OS. The number of anilines is 1. The van der Waals surface area contributed by atoms with Crippen LogP contribution in [-0.2, 0) is 12.8 Å². The quantitative estimate of drug-likeness (QED) is 0.406. The van der Waals surface area contributed by atoms with Crippen molar-refractivity contribution in [2.75, 3.05) is 4.90 Å². The molecule has 2 unspecified atom stereocenters. The van der Waals surface area contributed by atoms with Gasteiger partial charge in [0.1, 0.15) is 11.6 Å². The lowest BCUT2D eigenvalue weighted by molar-refractivity contribution is 0.164. The highest BCUT2D eigenvalue weighted by Gasteiger charge is 2.45. The molecule has 0 saturated heterocycles. The van der Waals surface area contributed by atoms with E-state index in [1.165, 1.54) is 10.9 Å². The van der Waals surface area contributed by atoms with Crippen molar-refractivity contribution in [3.05, 3.63) is 72.4 Å². The minimum atomic E-state index is -0.391. The third-order valence-corrected chi connectivity index (χ3v) is 7.14. The van der Waals surface area contributed by atoms with Crippen LogP contribution in [0.25, 0.3) is 0 Å². The fourth-order valence-corrected chi connectivity index (χ4v) is 5.83. The maximum atomic E-state index is 14.9. The normalized spacial score (nSPS) is 19.8. The Morgan fingerprint density at radius 3 is 2.93 bits per heavy atom. The van der Waals surface area contributed by atoms with Crippen LogP contribution in [0, 0.1) is 12.7 Å². The number of thiazole rings is 1. The fraction of sp³-hybridized carbons (Fsp3) is 0.286. The molecule has 2 aliphatic heterocycles. The highest BCUT2D eigenvalue weighted by atomic mass is 79.9. The zero-order valence-corrected chi connectivity index (χ0v) is 18.5. The van der Waals surface area contributed by atoms with Gasteiger partial charge in [-0.25, -0.2) is 9.37 Å². The molecule has 0 aliphatic carbocycles. The van der Waals surface area contributed by atoms with Gasteiger partial charge in [0.25, 0.3) is 0 Å². The van der Waals surface area contributed by atoms with Crippen LogP contribution in [0.2, 0.25) is 5.02 Å². The van der Waals surface area contributed by atoms with Gasteiger partial charge >= 0.3 is 0 Å². The maximum absolute atomic E-state index is 14.9. The first-order chi connectivity index (χ1) is 13.5. The van der Waals surface area contributed by atoms with Crippen LogP contribution < -0.4 is 9.64 Å². The third-order valence-electron chi connectivity index (χ3n) is 5.40. The number of benzene rings is 2. The minimum absolute atomic E-state index is 0.149. The largest absolute Gasteiger partial charge is 0.463 e. The summed E-state index contributed by atoms with van der Waals surface area (Å²) in [6.07, 6.45) is 1.17. The fourth-order valence-electron chi connectivity index (χ4n) is 4.19. The van der Waals surface area contributed by atoms with Gasteiger partial charge in [0.2, 0.25) is 6.23 Å². The van der Waals surface area contributed by atoms with Crippen LogP contribution in [0.1, 0.15) is 45.9 Å². The number of aryl methyl sites for hydroxylation is 2. The summed E-state index contributed by atoms with van der Waals surface area (Å²) in [6, 6.07) is 9.03. The van der Waals surface area contributed by atoms with Crippen molar-refractivity contribution in [2.24, 2.45) is 0 Å². The van der Waals surface area contributed by atoms with Crippen molar-refractivity contribution < 1.29 is 9.13 Å². The molecule has 144 valence electrons. The van der Waals surface area contributed by atoms with E-state index in [2.05, 4.69) is 34.7 Å². The average molecular weight is 480 g/mol. The summed E-state index contributed by atoms with van der Waals surface area (Å²) < 4.78 is 22.0. The molecule has 1 aromatic heterocycles. The molecule has 0 bridgehead atoms. The summed E-state index contributed by atoms with van der Waals surface area (Å²) in [5, 5.41) is 1.58. The minimum Gasteiger partial charge on any atom is -0.463 e. The first-order valence-electron chi connectivity index (χ1n) is 9.14. The van der Waals surface area contributed by atoms with Crippen molar-refractivity contribution in [3.63, 3.8) is 0 Å². The summed E-state index contributed by atoms with van der Waals surface area (Å²) in [5.41, 5.74) is 3.81. The number of hydrogen-bond donors (Lipinski definition) is 0. The van der Waals surface area contributed by atoms with Crippen LogP contribution >= 0.6 is 38.9 Å². The molecule has 0 N–H and O–H groups in total. The van der Waals surface area contributed by atoms with Crippen molar-refractivity contribution in [2.45, 2.75) is 39.0 Å². The number of nitrogens with zero attached hydrogens (tertiary/aromatic N) is 2. The topological polar surface area (TPSA) is 25.4 Å². The highest BCUT2D eigenvalue weighted by molar-refractivity contribution is 9.10. The SMILES string of the molecule is CCc1nc(C2Oc3cc(Br)cc(F)c3C3Cc4cc(Cl)ccc4N32)sc1C. The summed E-state index contributed by atoms with van der Waals surface area (Å²) in [4.78, 5) is 8.19. The Labute approximate surface area is 180 Å². The molecule has 2 atom stereocenters. The molecular weight excluding hydrogens is 463 g/mol. The molecule has 2 aromatic carbocycles. The zero-order chi connectivity index (χ0) is 19.6. The van der Waals surface area contributed by atoms with Gasteiger partial charge in [-0.2, -0.15) is 0 Å². The predicted molar refractivity (Wildman–Crippen MR) is 114 cm³/mol. The number of rotatable bonds is 2. The van der Waals surface area contributed by atoms with Gasteiger partial charge in [0.15, 0.2) is 5.01 Å². The van der Waals surface area contributed by atoms with E-state index >= 15 is 0 Å². The second-order valence-corrected chi connectivity index (χ2v) is 9.67. The van der Waals surface area contributed by atoms with E-state index in [4.69, 9.17) is 21.3 Å². The van der Waals surface area contributed by atoms with E-state index in [1.807, 2.05) is 24.3 Å². The molecule has 28 heavy (non-hydrogen) atoms. The summed E-state index contributed by atoms with van der Waals surface area (Å²) in [7, 11) is 0. The van der Waals surface area contributed by atoms with Crippen LogP contribution in [0.5, 0.6) is 5.75 Å². The van der Waals surface area contributed by atoms with E-state index in [1.54, 1.807) is 11.3 Å². The second-order valence-electron chi connectivity index (χ2n) is 7.08. The van der Waals surface area contributed by atoms with E-state index in [0.717, 1.165) is 28.4 Å². The second kappa shape index (κ2) is 6.71. The lowest BCUT2D eigenvalue weighted by atomic mass is 9.99. The molecule has 7 heteroatoms. The number of fused-ring (bicyclic) bond motifs is 5. The Morgan fingerprint density at radius 2 is 2.18 bits per heavy atom. The number of halogens is 3. The van der Waals surface area contributed by atoms with Gasteiger partial charge in [0.05, 0.1) is 17.3 Å². The first-order valence-corrected chi connectivity index (χ1v) is 11.1. The van der Waals surface area contributed by atoms with Crippen molar-refractivity contribution >= 4 is 44.6 Å². The van der Waals surface area contributed by atoms with E-state index in [9.17, 15) is 4.39 Å². The van der Waals surface area contributed by atoms with Gasteiger partial charge in [0, 0.05) is 20.1 Å². The van der Waals surface area contributed by atoms with E-state index in [0.29, 0.717) is 27.2 Å². The molecule has 3 heterocycles. The maximum Gasteiger partial charge on any atom is 0.225 e. The van der Waals surface area contributed by atoms with Crippen LogP contribution in [0.15, 0.2) is 34.8 Å². The Hall–Kier alpha value is -1.63. The van der Waals surface area contributed by atoms with Crippen LogP contribution in [0.3, 0.4) is 0 Å². The average Bonchev–Trinajstić information content (AvgIpc) is 3.20. The lowest BCUT2D eigenvalue weighted by Crippen LogP contribution is -2.38. The predicted octanol–water partition coefficient (Wildman–Crippen LogP) is 6.76. The summed E-state index contributed by atoms with van der Waals surface area (Å²) in [6.45, 7) is 4.19. The van der Waals surface area contributed by atoms with Gasteiger partial charge < -0.3 is 9.64 Å². The van der Waals surface area contributed by atoms with Crippen molar-refractivity contribution in [1.29, 1.82) is 0 Å². The Balaban J connectivity index is 1.71. The molecule has 3 nitrogen and oxygen atoms in total. The molecule has 2 aliphatic rings. The third kappa shape index (κ3) is 2.77. The Morgan fingerprint density at radius 1 is 1.36 bits per heavy atom. The smallest absolute Gasteiger partial charge is 0.225 e. The van der Waals surface area contributed by atoms with E-state index in [-0.39, 0.29) is 11.9 Å². The number of hydrogen-bond acceptors (Lipinski definition) is 4. The monoisotopic (exact) mass is 478 g/mol. The highest BCUT2D eigenvalue weighted by Crippen LogP contribution is 2.53. The van der Waals surface area contributed by atoms with Crippen molar-refractivity contribution in [1.82, 2.24) is 4.98 Å². The molecule has 0 radical (unpaired) electrons. The summed E-state index contributed by atoms with van der Waals surface area (Å²) >= 11 is 11.3. The first kappa shape index (κ1) is 18.4. The molecule has 5 rings (SSSR count).